The summed E-state index contributed by atoms with van der Waals surface area (Å²) in [5.41, 5.74) is 0.989. The Labute approximate surface area is 157 Å². The molecule has 0 atom stereocenters. The fourth-order valence-electron chi connectivity index (χ4n) is 3.17. The standard InChI is InChI=1S/C19H29N3O2.ClH/c1-2-14-22(17-8-11-20-12-9-17)19(24)10-13-21-18(23)15-16-6-4-3-5-7-16;/h3-7,17,20H,2,8-15H2,1H3,(H,21,23);1H. The lowest BCUT2D eigenvalue weighted by molar-refractivity contribution is -0.134. The monoisotopic (exact) mass is 367 g/mol. The maximum absolute atomic E-state index is 12.5. The van der Waals surface area contributed by atoms with E-state index in [0.717, 1.165) is 44.5 Å². The first-order chi connectivity index (χ1) is 11.7. The van der Waals surface area contributed by atoms with Crippen molar-refractivity contribution in [3.05, 3.63) is 35.9 Å². The lowest BCUT2D eigenvalue weighted by Crippen LogP contribution is -2.47. The number of carbonyl (C=O) groups excluding carboxylic acids is 2. The summed E-state index contributed by atoms with van der Waals surface area (Å²) in [5, 5.41) is 6.20. The molecule has 0 unspecified atom stereocenters. The number of nitrogens with one attached hydrogen (secondary N) is 2. The highest BCUT2D eigenvalue weighted by Crippen LogP contribution is 2.13. The van der Waals surface area contributed by atoms with Gasteiger partial charge in [0, 0.05) is 25.6 Å². The van der Waals surface area contributed by atoms with E-state index in [1.54, 1.807) is 0 Å². The number of rotatable bonds is 8. The molecule has 140 valence electrons. The van der Waals surface area contributed by atoms with Crippen molar-refractivity contribution in [2.75, 3.05) is 26.2 Å². The summed E-state index contributed by atoms with van der Waals surface area (Å²) < 4.78 is 0. The SMILES string of the molecule is CCCN(C(=O)CCNC(=O)Cc1ccccc1)C1CCNCC1.Cl. The molecule has 0 aliphatic carbocycles. The van der Waals surface area contributed by atoms with Gasteiger partial charge in [-0.15, -0.1) is 12.4 Å². The fraction of sp³-hybridized carbons (Fsp3) is 0.579. The predicted molar refractivity (Wildman–Crippen MR) is 103 cm³/mol. The number of benzene rings is 1. The topological polar surface area (TPSA) is 61.4 Å². The molecule has 1 aromatic carbocycles. The number of hydrogen-bond acceptors (Lipinski definition) is 3. The second kappa shape index (κ2) is 11.9. The average Bonchev–Trinajstić information content (AvgIpc) is 2.61. The van der Waals surface area contributed by atoms with Crippen molar-refractivity contribution in [1.29, 1.82) is 0 Å². The van der Waals surface area contributed by atoms with E-state index in [-0.39, 0.29) is 24.2 Å². The third-order valence-electron chi connectivity index (χ3n) is 4.40. The maximum Gasteiger partial charge on any atom is 0.224 e. The molecule has 6 heteroatoms. The normalized spacial score (nSPS) is 14.4. The summed E-state index contributed by atoms with van der Waals surface area (Å²) in [6.45, 7) is 5.28. The summed E-state index contributed by atoms with van der Waals surface area (Å²) >= 11 is 0. The number of hydrogen-bond donors (Lipinski definition) is 2. The van der Waals surface area contributed by atoms with Crippen LogP contribution in [0.1, 0.15) is 38.2 Å². The zero-order chi connectivity index (χ0) is 17.2. The molecular formula is C19H30ClN3O2. The third kappa shape index (κ3) is 7.45. The van der Waals surface area contributed by atoms with Gasteiger partial charge >= 0.3 is 0 Å². The van der Waals surface area contributed by atoms with E-state index in [0.29, 0.717) is 25.4 Å². The quantitative estimate of drug-likeness (QED) is 0.740. The summed E-state index contributed by atoms with van der Waals surface area (Å²) in [6, 6.07) is 10.00. The van der Waals surface area contributed by atoms with Gasteiger partial charge in [-0.2, -0.15) is 0 Å². The Morgan fingerprint density at radius 2 is 1.88 bits per heavy atom. The Morgan fingerprint density at radius 1 is 1.20 bits per heavy atom. The van der Waals surface area contributed by atoms with Crippen LogP contribution in [-0.2, 0) is 16.0 Å². The number of amides is 2. The lowest BCUT2D eigenvalue weighted by atomic mass is 10.0. The number of carbonyl (C=O) groups is 2. The molecule has 1 aliphatic rings. The minimum absolute atomic E-state index is 0. The van der Waals surface area contributed by atoms with E-state index in [4.69, 9.17) is 0 Å². The van der Waals surface area contributed by atoms with Crippen LogP contribution < -0.4 is 10.6 Å². The molecule has 5 nitrogen and oxygen atoms in total. The van der Waals surface area contributed by atoms with Gasteiger partial charge in [0.25, 0.3) is 0 Å². The molecule has 1 aromatic rings. The molecule has 1 saturated heterocycles. The Hall–Kier alpha value is -1.59. The highest BCUT2D eigenvalue weighted by atomic mass is 35.5. The van der Waals surface area contributed by atoms with E-state index in [2.05, 4.69) is 17.6 Å². The second-order valence-electron chi connectivity index (χ2n) is 6.33. The molecule has 0 spiro atoms. The van der Waals surface area contributed by atoms with Crippen molar-refractivity contribution >= 4 is 24.2 Å². The molecular weight excluding hydrogens is 338 g/mol. The van der Waals surface area contributed by atoms with Crippen molar-refractivity contribution in [3.63, 3.8) is 0 Å². The fourth-order valence-corrected chi connectivity index (χ4v) is 3.17. The van der Waals surface area contributed by atoms with Crippen LogP contribution in [0.3, 0.4) is 0 Å². The van der Waals surface area contributed by atoms with Crippen molar-refractivity contribution in [3.8, 4) is 0 Å². The zero-order valence-electron chi connectivity index (χ0n) is 15.0. The number of nitrogens with zero attached hydrogens (tertiary/aromatic N) is 1. The highest BCUT2D eigenvalue weighted by molar-refractivity contribution is 5.85. The molecule has 0 saturated carbocycles. The van der Waals surface area contributed by atoms with Crippen LogP contribution >= 0.6 is 12.4 Å². The molecule has 0 radical (unpaired) electrons. The Kier molecular flexibility index (Phi) is 10.2. The zero-order valence-corrected chi connectivity index (χ0v) is 15.8. The van der Waals surface area contributed by atoms with Gasteiger partial charge in [-0.25, -0.2) is 0 Å². The molecule has 1 aliphatic heterocycles. The average molecular weight is 368 g/mol. The second-order valence-corrected chi connectivity index (χ2v) is 6.33. The summed E-state index contributed by atoms with van der Waals surface area (Å²) in [6.07, 6.45) is 3.75. The molecule has 2 rings (SSSR count). The maximum atomic E-state index is 12.5. The van der Waals surface area contributed by atoms with Crippen molar-refractivity contribution in [2.24, 2.45) is 0 Å². The highest BCUT2D eigenvalue weighted by Gasteiger charge is 2.24. The van der Waals surface area contributed by atoms with Crippen LogP contribution in [-0.4, -0.2) is 48.9 Å². The van der Waals surface area contributed by atoms with Crippen molar-refractivity contribution in [1.82, 2.24) is 15.5 Å². The lowest BCUT2D eigenvalue weighted by Gasteiger charge is -2.34. The van der Waals surface area contributed by atoms with Gasteiger partial charge in [-0.05, 0) is 37.9 Å². The minimum atomic E-state index is -0.0297. The largest absolute Gasteiger partial charge is 0.355 e. The third-order valence-corrected chi connectivity index (χ3v) is 4.40. The molecule has 2 amide bonds. The number of halogens is 1. The van der Waals surface area contributed by atoms with E-state index >= 15 is 0 Å². The smallest absolute Gasteiger partial charge is 0.224 e. The molecule has 1 heterocycles. The molecule has 2 N–H and O–H groups in total. The van der Waals surface area contributed by atoms with Gasteiger partial charge < -0.3 is 15.5 Å². The van der Waals surface area contributed by atoms with Gasteiger partial charge in [-0.3, -0.25) is 9.59 Å². The van der Waals surface area contributed by atoms with Crippen LogP contribution in [0.4, 0.5) is 0 Å². The summed E-state index contributed by atoms with van der Waals surface area (Å²) in [7, 11) is 0. The molecule has 1 fully saturated rings. The summed E-state index contributed by atoms with van der Waals surface area (Å²) in [4.78, 5) is 26.5. The van der Waals surface area contributed by atoms with E-state index in [9.17, 15) is 9.59 Å². The minimum Gasteiger partial charge on any atom is -0.355 e. The van der Waals surface area contributed by atoms with Gasteiger partial charge in [-0.1, -0.05) is 37.3 Å². The van der Waals surface area contributed by atoms with Crippen LogP contribution in [0.2, 0.25) is 0 Å². The van der Waals surface area contributed by atoms with E-state index < -0.39 is 0 Å². The van der Waals surface area contributed by atoms with Gasteiger partial charge in [0.2, 0.25) is 11.8 Å². The van der Waals surface area contributed by atoms with E-state index in [1.165, 1.54) is 0 Å². The van der Waals surface area contributed by atoms with Crippen LogP contribution in [0, 0.1) is 0 Å². The first-order valence-corrected chi connectivity index (χ1v) is 9.01. The number of piperidine rings is 1. The molecule has 25 heavy (non-hydrogen) atoms. The van der Waals surface area contributed by atoms with Crippen molar-refractivity contribution < 1.29 is 9.59 Å². The predicted octanol–water partition coefficient (Wildman–Crippen LogP) is 2.15. The summed E-state index contributed by atoms with van der Waals surface area (Å²) in [5.74, 6) is 0.127. The van der Waals surface area contributed by atoms with Gasteiger partial charge in [0.15, 0.2) is 0 Å². The van der Waals surface area contributed by atoms with Gasteiger partial charge in [0.05, 0.1) is 6.42 Å². The Bertz CT molecular complexity index is 519. The van der Waals surface area contributed by atoms with E-state index in [1.807, 2.05) is 35.2 Å². The first-order valence-electron chi connectivity index (χ1n) is 9.01. The van der Waals surface area contributed by atoms with Crippen LogP contribution in [0.15, 0.2) is 30.3 Å². The Morgan fingerprint density at radius 3 is 2.52 bits per heavy atom. The molecule has 0 bridgehead atoms. The van der Waals surface area contributed by atoms with Crippen LogP contribution in [0.25, 0.3) is 0 Å². The Balaban J connectivity index is 0.00000312. The van der Waals surface area contributed by atoms with Crippen LogP contribution in [0.5, 0.6) is 0 Å². The van der Waals surface area contributed by atoms with Gasteiger partial charge in [0.1, 0.15) is 0 Å². The first kappa shape index (κ1) is 21.5. The molecule has 0 aromatic heterocycles. The van der Waals surface area contributed by atoms with Crippen molar-refractivity contribution in [2.45, 2.75) is 45.1 Å².